The third-order valence-corrected chi connectivity index (χ3v) is 6.91. The predicted molar refractivity (Wildman–Crippen MR) is 139 cm³/mol. The van der Waals surface area contributed by atoms with Gasteiger partial charge in [-0.25, -0.2) is 9.78 Å². The number of amides is 1. The maximum Gasteiger partial charge on any atom is 0.337 e. The third kappa shape index (κ3) is 5.33. The Bertz CT molecular complexity index is 1180. The standard InChI is InChI=1S/C28H37N3O5/c1-16-21(18-9-10-20-19(15-18)29-13-14-35-20)22(24(26(33)34)36-27(3,4)5)17(2)30-23(16)25(32)31-28(6)11-7-8-12-28/h9-10,15,24,29H,7-8,11-14H2,1-6H3,(H,31,32)(H,33,34)/t24-/m0/s1. The van der Waals surface area contributed by atoms with Gasteiger partial charge in [0.2, 0.25) is 0 Å². The topological polar surface area (TPSA) is 110 Å². The van der Waals surface area contributed by atoms with E-state index in [0.29, 0.717) is 41.2 Å². The first-order valence-electron chi connectivity index (χ1n) is 12.6. The number of pyridine rings is 1. The highest BCUT2D eigenvalue weighted by Crippen LogP contribution is 2.41. The number of hydrogen-bond donors (Lipinski definition) is 3. The molecule has 0 saturated heterocycles. The molecule has 1 aromatic carbocycles. The smallest absolute Gasteiger partial charge is 0.337 e. The lowest BCUT2D eigenvalue weighted by Crippen LogP contribution is -2.44. The van der Waals surface area contributed by atoms with Crippen molar-refractivity contribution in [2.75, 3.05) is 18.5 Å². The Balaban J connectivity index is 1.90. The van der Waals surface area contributed by atoms with Crippen LogP contribution in [0.1, 0.15) is 86.8 Å². The Hall–Kier alpha value is -3.13. The van der Waals surface area contributed by atoms with Gasteiger partial charge < -0.3 is 25.2 Å². The second-order valence-electron chi connectivity index (χ2n) is 11.1. The summed E-state index contributed by atoms with van der Waals surface area (Å²) in [4.78, 5) is 30.6. The molecule has 2 aromatic rings. The number of rotatable bonds is 6. The molecule has 36 heavy (non-hydrogen) atoms. The molecule has 1 aromatic heterocycles. The Morgan fingerprint density at radius 2 is 1.92 bits per heavy atom. The highest BCUT2D eigenvalue weighted by molar-refractivity contribution is 5.97. The third-order valence-electron chi connectivity index (χ3n) is 6.91. The molecule has 4 rings (SSSR count). The SMILES string of the molecule is Cc1nc(C(=O)NC2(C)CCCC2)c(C)c(-c2ccc3c(c2)NCCO3)c1[C@H](OC(C)(C)C)C(=O)O. The number of nitrogens with one attached hydrogen (secondary N) is 2. The number of ether oxygens (including phenoxy) is 2. The summed E-state index contributed by atoms with van der Waals surface area (Å²) in [7, 11) is 0. The molecule has 1 amide bonds. The zero-order valence-electron chi connectivity index (χ0n) is 22.1. The molecule has 8 nitrogen and oxygen atoms in total. The highest BCUT2D eigenvalue weighted by Gasteiger charge is 2.35. The van der Waals surface area contributed by atoms with Crippen LogP contribution in [-0.4, -0.2) is 46.3 Å². The zero-order chi connectivity index (χ0) is 26.3. The number of carboxylic acids is 1. The molecule has 2 heterocycles. The van der Waals surface area contributed by atoms with E-state index in [2.05, 4.69) is 22.5 Å². The van der Waals surface area contributed by atoms with Gasteiger partial charge in [0.1, 0.15) is 18.1 Å². The predicted octanol–water partition coefficient (Wildman–Crippen LogP) is 5.17. The summed E-state index contributed by atoms with van der Waals surface area (Å²) in [5, 5.41) is 16.7. The van der Waals surface area contributed by atoms with Gasteiger partial charge in [-0.2, -0.15) is 0 Å². The number of hydrogen-bond acceptors (Lipinski definition) is 6. The molecule has 1 fully saturated rings. The fourth-order valence-corrected chi connectivity index (χ4v) is 5.22. The van der Waals surface area contributed by atoms with Gasteiger partial charge >= 0.3 is 5.97 Å². The van der Waals surface area contributed by atoms with Crippen molar-refractivity contribution in [1.29, 1.82) is 0 Å². The summed E-state index contributed by atoms with van der Waals surface area (Å²) in [6, 6.07) is 5.71. The summed E-state index contributed by atoms with van der Waals surface area (Å²) in [6.45, 7) is 12.4. The molecule has 0 spiro atoms. The van der Waals surface area contributed by atoms with E-state index in [1.54, 1.807) is 6.92 Å². The zero-order valence-corrected chi connectivity index (χ0v) is 22.1. The van der Waals surface area contributed by atoms with Gasteiger partial charge in [0.05, 0.1) is 11.3 Å². The van der Waals surface area contributed by atoms with E-state index in [9.17, 15) is 14.7 Å². The number of nitrogens with zero attached hydrogens (tertiary/aromatic N) is 1. The highest BCUT2D eigenvalue weighted by atomic mass is 16.5. The van der Waals surface area contributed by atoms with E-state index < -0.39 is 17.7 Å². The van der Waals surface area contributed by atoms with Gasteiger partial charge in [-0.3, -0.25) is 4.79 Å². The lowest BCUT2D eigenvalue weighted by atomic mass is 9.89. The van der Waals surface area contributed by atoms with Crippen LogP contribution >= 0.6 is 0 Å². The van der Waals surface area contributed by atoms with Crippen LogP contribution < -0.4 is 15.4 Å². The van der Waals surface area contributed by atoms with Crippen LogP contribution in [0.4, 0.5) is 5.69 Å². The van der Waals surface area contributed by atoms with Gasteiger partial charge in [-0.15, -0.1) is 0 Å². The molecule has 0 radical (unpaired) electrons. The number of aromatic nitrogens is 1. The molecule has 1 aliphatic heterocycles. The Morgan fingerprint density at radius 3 is 2.56 bits per heavy atom. The molecule has 0 unspecified atom stereocenters. The second-order valence-corrected chi connectivity index (χ2v) is 11.1. The Morgan fingerprint density at radius 1 is 1.22 bits per heavy atom. The van der Waals surface area contributed by atoms with E-state index in [1.807, 2.05) is 45.9 Å². The van der Waals surface area contributed by atoms with E-state index in [1.165, 1.54) is 0 Å². The van der Waals surface area contributed by atoms with Crippen LogP contribution in [0.25, 0.3) is 11.1 Å². The van der Waals surface area contributed by atoms with Gasteiger partial charge in [0, 0.05) is 23.3 Å². The normalized spacial score (nSPS) is 17.5. The van der Waals surface area contributed by atoms with Crippen molar-refractivity contribution >= 4 is 17.6 Å². The van der Waals surface area contributed by atoms with E-state index >= 15 is 0 Å². The number of carboxylic acid groups (broad SMARTS) is 1. The molecular formula is C28H37N3O5. The molecule has 1 atom stereocenters. The van der Waals surface area contributed by atoms with Crippen molar-refractivity contribution in [3.05, 3.63) is 40.7 Å². The lowest BCUT2D eigenvalue weighted by Gasteiger charge is -2.30. The number of aryl methyl sites for hydroxylation is 1. The van der Waals surface area contributed by atoms with E-state index in [0.717, 1.165) is 42.7 Å². The maximum atomic E-state index is 13.5. The van der Waals surface area contributed by atoms with E-state index in [4.69, 9.17) is 9.47 Å². The number of fused-ring (bicyclic) bond motifs is 1. The van der Waals surface area contributed by atoms with Crippen LogP contribution in [0.5, 0.6) is 5.75 Å². The monoisotopic (exact) mass is 495 g/mol. The van der Waals surface area contributed by atoms with E-state index in [-0.39, 0.29) is 11.4 Å². The van der Waals surface area contributed by atoms with Crippen LogP contribution in [0.15, 0.2) is 18.2 Å². The lowest BCUT2D eigenvalue weighted by molar-refractivity contribution is -0.160. The van der Waals surface area contributed by atoms with Crippen molar-refractivity contribution in [3.63, 3.8) is 0 Å². The van der Waals surface area contributed by atoms with Gasteiger partial charge in [0.25, 0.3) is 5.91 Å². The summed E-state index contributed by atoms with van der Waals surface area (Å²) in [6.07, 6.45) is 2.77. The number of carbonyl (C=O) groups is 2. The summed E-state index contributed by atoms with van der Waals surface area (Å²) in [5.74, 6) is -0.607. The van der Waals surface area contributed by atoms with Gasteiger partial charge in [0.15, 0.2) is 6.10 Å². The maximum absolute atomic E-state index is 13.5. The van der Waals surface area contributed by atoms with Gasteiger partial charge in [-0.1, -0.05) is 18.9 Å². The molecule has 1 aliphatic carbocycles. The van der Waals surface area contributed by atoms with Crippen molar-refractivity contribution in [2.45, 2.75) is 84.5 Å². The minimum Gasteiger partial charge on any atom is -0.490 e. The van der Waals surface area contributed by atoms with Crippen LogP contribution in [0, 0.1) is 13.8 Å². The quantitative estimate of drug-likeness (QED) is 0.507. The number of aliphatic carboxylic acids is 1. The molecular weight excluding hydrogens is 458 g/mol. The first kappa shape index (κ1) is 25.9. The fourth-order valence-electron chi connectivity index (χ4n) is 5.22. The fraction of sp³-hybridized carbons (Fsp3) is 0.536. The molecule has 194 valence electrons. The first-order valence-corrected chi connectivity index (χ1v) is 12.6. The second kappa shape index (κ2) is 9.73. The van der Waals surface area contributed by atoms with Crippen molar-refractivity contribution < 1.29 is 24.2 Å². The van der Waals surface area contributed by atoms with Crippen molar-refractivity contribution in [1.82, 2.24) is 10.3 Å². The average Bonchev–Trinajstić information content (AvgIpc) is 3.23. The summed E-state index contributed by atoms with van der Waals surface area (Å²) < 4.78 is 11.8. The van der Waals surface area contributed by atoms with Crippen LogP contribution in [0.3, 0.4) is 0 Å². The first-order chi connectivity index (χ1) is 16.9. The van der Waals surface area contributed by atoms with Gasteiger partial charge in [-0.05, 0) is 83.2 Å². The molecule has 8 heteroatoms. The minimum absolute atomic E-state index is 0.240. The Kier molecular flexibility index (Phi) is 7.01. The number of anilines is 1. The summed E-state index contributed by atoms with van der Waals surface area (Å²) >= 11 is 0. The van der Waals surface area contributed by atoms with Crippen molar-refractivity contribution in [2.24, 2.45) is 0 Å². The van der Waals surface area contributed by atoms with Crippen LogP contribution in [0.2, 0.25) is 0 Å². The Labute approximate surface area is 212 Å². The number of benzene rings is 1. The molecule has 0 bridgehead atoms. The molecule has 2 aliphatic rings. The summed E-state index contributed by atoms with van der Waals surface area (Å²) in [5.41, 5.74) is 3.11. The molecule has 3 N–H and O–H groups in total. The number of carbonyl (C=O) groups excluding carboxylic acids is 1. The van der Waals surface area contributed by atoms with Crippen molar-refractivity contribution in [3.8, 4) is 16.9 Å². The molecule has 1 saturated carbocycles. The minimum atomic E-state index is -1.25. The average molecular weight is 496 g/mol. The van der Waals surface area contributed by atoms with Crippen LogP contribution in [-0.2, 0) is 9.53 Å². The largest absolute Gasteiger partial charge is 0.490 e.